The van der Waals surface area contributed by atoms with Gasteiger partial charge in [-0.3, -0.25) is 0 Å². The van der Waals surface area contributed by atoms with Gasteiger partial charge in [-0.05, 0) is 17.4 Å². The predicted octanol–water partition coefficient (Wildman–Crippen LogP) is 3.69. The molecule has 1 aromatic rings. The van der Waals surface area contributed by atoms with Crippen LogP contribution in [-0.4, -0.2) is 0 Å². The Kier molecular flexibility index (Phi) is 2.70. The van der Waals surface area contributed by atoms with E-state index in [1.165, 1.54) is 5.56 Å². The quantitative estimate of drug-likeness (QED) is 0.603. The summed E-state index contributed by atoms with van der Waals surface area (Å²) in [6, 6.07) is 10.7. The summed E-state index contributed by atoms with van der Waals surface area (Å²) in [5.41, 5.74) is 1.45. The highest BCUT2D eigenvalue weighted by Gasteiger charge is 2.07. The van der Waals surface area contributed by atoms with Crippen molar-refractivity contribution >= 4 is 0 Å². The second-order valence-electron chi connectivity index (χ2n) is 3.44. The minimum Gasteiger partial charge on any atom is -0.0622 e. The van der Waals surface area contributed by atoms with Gasteiger partial charge in [0.25, 0.3) is 0 Å². The lowest BCUT2D eigenvalue weighted by molar-refractivity contribution is 0.535. The fourth-order valence-corrected chi connectivity index (χ4v) is 1.14. The van der Waals surface area contributed by atoms with Gasteiger partial charge in [0.15, 0.2) is 0 Å². The van der Waals surface area contributed by atoms with E-state index in [4.69, 9.17) is 0 Å². The molecule has 0 bridgehead atoms. The van der Waals surface area contributed by atoms with Crippen molar-refractivity contribution in [1.82, 2.24) is 0 Å². The number of benzene rings is 1. The average Bonchev–Trinajstić information content (AvgIpc) is 2.05. The first-order valence-electron chi connectivity index (χ1n) is 4.26. The first kappa shape index (κ1) is 8.32. The van der Waals surface area contributed by atoms with Crippen LogP contribution in [0.1, 0.15) is 33.7 Å². The maximum Gasteiger partial charge on any atom is 0 e. The van der Waals surface area contributed by atoms with Gasteiger partial charge in [-0.15, -0.1) is 0 Å². The third-order valence-electron chi connectivity index (χ3n) is 2.33. The van der Waals surface area contributed by atoms with Crippen molar-refractivity contribution in [3.8, 4) is 0 Å². The molecule has 11 heavy (non-hydrogen) atoms. The number of hydrogen-bond acceptors (Lipinski definition) is 0. The molecule has 0 nitrogen and oxygen atoms in total. The van der Waals surface area contributed by atoms with Crippen molar-refractivity contribution in [2.45, 2.75) is 26.7 Å². The van der Waals surface area contributed by atoms with E-state index in [2.05, 4.69) is 51.1 Å². The molecule has 0 spiro atoms. The van der Waals surface area contributed by atoms with Gasteiger partial charge >= 0.3 is 0 Å². The first-order valence-corrected chi connectivity index (χ1v) is 4.26. The third-order valence-corrected chi connectivity index (χ3v) is 2.33. The lowest BCUT2D eigenvalue weighted by Crippen LogP contribution is -2.00. The molecule has 0 unspecified atom stereocenters. The van der Waals surface area contributed by atoms with E-state index in [0.717, 1.165) is 5.92 Å². The van der Waals surface area contributed by atoms with Gasteiger partial charge in [-0.2, -0.15) is 0 Å². The summed E-state index contributed by atoms with van der Waals surface area (Å²) < 4.78 is 0. The molecule has 0 amide bonds. The van der Waals surface area contributed by atoms with Crippen LogP contribution >= 0.6 is 0 Å². The maximum absolute atomic E-state index is 2.28. The molecule has 0 heteroatoms. The van der Waals surface area contributed by atoms with E-state index in [1.807, 2.05) is 0 Å². The lowest BCUT2D eigenvalue weighted by atomic mass is 9.91. The van der Waals surface area contributed by atoms with Crippen molar-refractivity contribution in [2.75, 3.05) is 0 Å². The van der Waals surface area contributed by atoms with E-state index in [-0.39, 0.29) is 1.43 Å². The van der Waals surface area contributed by atoms with Crippen molar-refractivity contribution in [3.05, 3.63) is 35.9 Å². The molecule has 62 valence electrons. The van der Waals surface area contributed by atoms with Gasteiger partial charge in [0, 0.05) is 1.43 Å². The van der Waals surface area contributed by atoms with E-state index in [0.29, 0.717) is 5.92 Å². The molecule has 0 saturated carbocycles. The Morgan fingerprint density at radius 1 is 1.00 bits per heavy atom. The SMILES string of the molecule is CC(C)[C@@H](C)c1ccccc1.[HH]. The summed E-state index contributed by atoms with van der Waals surface area (Å²) in [5, 5.41) is 0. The van der Waals surface area contributed by atoms with Crippen molar-refractivity contribution in [3.63, 3.8) is 0 Å². The molecule has 0 fully saturated rings. The molecular formula is C11H18. The zero-order chi connectivity index (χ0) is 8.27. The molecule has 1 atom stereocenters. The molecule has 1 aromatic carbocycles. The lowest BCUT2D eigenvalue weighted by Gasteiger charge is -2.15. The van der Waals surface area contributed by atoms with Gasteiger partial charge in [0.05, 0.1) is 0 Å². The molecule has 0 saturated heterocycles. The van der Waals surface area contributed by atoms with Gasteiger partial charge < -0.3 is 0 Å². The van der Waals surface area contributed by atoms with Crippen LogP contribution in [0, 0.1) is 5.92 Å². The van der Waals surface area contributed by atoms with E-state index < -0.39 is 0 Å². The van der Waals surface area contributed by atoms with Gasteiger partial charge in [-0.25, -0.2) is 0 Å². The Hall–Kier alpha value is -0.780. The molecular weight excluding hydrogens is 132 g/mol. The Morgan fingerprint density at radius 3 is 2.00 bits per heavy atom. The highest BCUT2D eigenvalue weighted by Crippen LogP contribution is 2.22. The Bertz CT molecular complexity index is 204. The standard InChI is InChI=1S/C11H16.H2/c1-9(2)10(3)11-7-5-4-6-8-11;/h4-10H,1-3H3;1H/t10-;/m1./s1. The summed E-state index contributed by atoms with van der Waals surface area (Å²) in [4.78, 5) is 0. The van der Waals surface area contributed by atoms with Gasteiger partial charge in [0.2, 0.25) is 0 Å². The van der Waals surface area contributed by atoms with E-state index >= 15 is 0 Å². The highest BCUT2D eigenvalue weighted by molar-refractivity contribution is 5.18. The van der Waals surface area contributed by atoms with Crippen molar-refractivity contribution in [1.29, 1.82) is 0 Å². The fourth-order valence-electron chi connectivity index (χ4n) is 1.14. The highest BCUT2D eigenvalue weighted by atomic mass is 14.1. The Morgan fingerprint density at radius 2 is 1.55 bits per heavy atom. The fraction of sp³-hybridized carbons (Fsp3) is 0.455. The van der Waals surface area contributed by atoms with Crippen LogP contribution in [0.5, 0.6) is 0 Å². The molecule has 0 aliphatic heterocycles. The van der Waals surface area contributed by atoms with Crippen molar-refractivity contribution < 1.29 is 1.43 Å². The molecule has 0 aliphatic rings. The zero-order valence-corrected chi connectivity index (χ0v) is 7.54. The Balaban J connectivity index is 0.00000121. The van der Waals surface area contributed by atoms with Crippen LogP contribution in [0.2, 0.25) is 0 Å². The second kappa shape index (κ2) is 3.56. The normalized spacial score (nSPS) is 13.5. The third kappa shape index (κ3) is 2.07. The average molecular weight is 150 g/mol. The summed E-state index contributed by atoms with van der Waals surface area (Å²) in [6.45, 7) is 6.80. The second-order valence-corrected chi connectivity index (χ2v) is 3.44. The minimum absolute atomic E-state index is 0. The van der Waals surface area contributed by atoms with Crippen LogP contribution in [0.15, 0.2) is 30.3 Å². The van der Waals surface area contributed by atoms with Crippen LogP contribution in [-0.2, 0) is 0 Å². The van der Waals surface area contributed by atoms with Crippen molar-refractivity contribution in [2.24, 2.45) is 5.92 Å². The van der Waals surface area contributed by atoms with E-state index in [1.54, 1.807) is 0 Å². The predicted molar refractivity (Wildman–Crippen MR) is 51.8 cm³/mol. The largest absolute Gasteiger partial charge is 0.0622 e. The molecule has 0 aliphatic carbocycles. The summed E-state index contributed by atoms with van der Waals surface area (Å²) >= 11 is 0. The molecule has 0 radical (unpaired) electrons. The number of rotatable bonds is 2. The molecule has 0 heterocycles. The smallest absolute Gasteiger partial charge is 0 e. The molecule has 1 rings (SSSR count). The van der Waals surface area contributed by atoms with Crippen LogP contribution in [0.25, 0.3) is 0 Å². The van der Waals surface area contributed by atoms with Crippen LogP contribution < -0.4 is 0 Å². The number of hydrogen-bond donors (Lipinski definition) is 0. The minimum atomic E-state index is 0. The summed E-state index contributed by atoms with van der Waals surface area (Å²) in [5.74, 6) is 1.41. The van der Waals surface area contributed by atoms with Gasteiger partial charge in [0.1, 0.15) is 0 Å². The topological polar surface area (TPSA) is 0 Å². The maximum atomic E-state index is 2.28. The van der Waals surface area contributed by atoms with E-state index in [9.17, 15) is 0 Å². The summed E-state index contributed by atoms with van der Waals surface area (Å²) in [7, 11) is 0. The monoisotopic (exact) mass is 150 g/mol. The summed E-state index contributed by atoms with van der Waals surface area (Å²) in [6.07, 6.45) is 0. The first-order chi connectivity index (χ1) is 5.22. The molecule has 0 aromatic heterocycles. The zero-order valence-electron chi connectivity index (χ0n) is 7.54. The molecule has 0 N–H and O–H groups in total. The van der Waals surface area contributed by atoms with Gasteiger partial charge in [-0.1, -0.05) is 51.1 Å². The Labute approximate surface area is 70.7 Å². The van der Waals surface area contributed by atoms with Crippen LogP contribution in [0.3, 0.4) is 0 Å². The van der Waals surface area contributed by atoms with Crippen LogP contribution in [0.4, 0.5) is 0 Å².